The molecule has 1 atom stereocenters. The van der Waals surface area contributed by atoms with Crippen molar-refractivity contribution in [2.45, 2.75) is 12.5 Å². The first-order chi connectivity index (χ1) is 9.97. The van der Waals surface area contributed by atoms with Crippen molar-refractivity contribution in [2.24, 2.45) is 0 Å². The maximum Gasteiger partial charge on any atom is 0.326 e. The van der Waals surface area contributed by atoms with Crippen LogP contribution in [0, 0.1) is 0 Å². The number of nitrogens with one attached hydrogen (secondary N) is 2. The minimum absolute atomic E-state index is 0.106. The molecule has 1 aromatic heterocycles. The summed E-state index contributed by atoms with van der Waals surface area (Å²) in [5.74, 6) is -1.68. The van der Waals surface area contributed by atoms with Crippen LogP contribution in [-0.4, -0.2) is 33.0 Å². The van der Waals surface area contributed by atoms with Crippen LogP contribution in [0.25, 0.3) is 0 Å². The Morgan fingerprint density at radius 3 is 2.81 bits per heavy atom. The first kappa shape index (κ1) is 15.5. The third-order valence-corrected chi connectivity index (χ3v) is 3.56. The highest BCUT2D eigenvalue weighted by Crippen LogP contribution is 2.21. The van der Waals surface area contributed by atoms with Crippen LogP contribution in [0.4, 0.5) is 0 Å². The summed E-state index contributed by atoms with van der Waals surface area (Å²) in [5.41, 5.74) is 0.834. The SMILES string of the molecule is O=C(N[C@H](Cc1cnc[nH]1)C(=O)O)c1ccc(Br)cc1Cl. The minimum Gasteiger partial charge on any atom is -0.480 e. The average Bonchev–Trinajstić information content (AvgIpc) is 2.90. The van der Waals surface area contributed by atoms with Crippen molar-refractivity contribution >= 4 is 39.4 Å². The molecule has 0 saturated heterocycles. The molecule has 0 saturated carbocycles. The predicted octanol–water partition coefficient (Wildman–Crippen LogP) is 2.25. The molecule has 1 heterocycles. The van der Waals surface area contributed by atoms with E-state index in [-0.39, 0.29) is 17.0 Å². The molecular formula is C13H11BrClN3O3. The third kappa shape index (κ3) is 4.05. The Morgan fingerprint density at radius 2 is 2.24 bits per heavy atom. The number of aromatic amines is 1. The van der Waals surface area contributed by atoms with E-state index < -0.39 is 17.9 Å². The van der Waals surface area contributed by atoms with Gasteiger partial charge in [0.15, 0.2) is 0 Å². The fourth-order valence-electron chi connectivity index (χ4n) is 1.73. The van der Waals surface area contributed by atoms with Gasteiger partial charge in [0.05, 0.1) is 16.9 Å². The molecule has 8 heteroatoms. The summed E-state index contributed by atoms with van der Waals surface area (Å²) in [4.78, 5) is 30.0. The van der Waals surface area contributed by atoms with Crippen LogP contribution in [0.5, 0.6) is 0 Å². The molecule has 0 spiro atoms. The van der Waals surface area contributed by atoms with Gasteiger partial charge in [-0.05, 0) is 18.2 Å². The normalized spacial score (nSPS) is 11.9. The fraction of sp³-hybridized carbons (Fsp3) is 0.154. The van der Waals surface area contributed by atoms with E-state index in [9.17, 15) is 14.7 Å². The summed E-state index contributed by atoms with van der Waals surface area (Å²) < 4.78 is 0.733. The molecule has 2 rings (SSSR count). The second-order valence-corrected chi connectivity index (χ2v) is 5.59. The number of aromatic nitrogens is 2. The molecule has 6 nitrogen and oxygen atoms in total. The van der Waals surface area contributed by atoms with Gasteiger partial charge in [0.25, 0.3) is 5.91 Å². The number of halogens is 2. The zero-order chi connectivity index (χ0) is 15.4. The molecule has 0 unspecified atom stereocenters. The number of amides is 1. The Hall–Kier alpha value is -1.86. The van der Waals surface area contributed by atoms with Crippen LogP contribution >= 0.6 is 27.5 Å². The van der Waals surface area contributed by atoms with E-state index in [4.69, 9.17) is 11.6 Å². The van der Waals surface area contributed by atoms with Gasteiger partial charge in [-0.1, -0.05) is 27.5 Å². The summed E-state index contributed by atoms with van der Waals surface area (Å²) in [6.45, 7) is 0. The molecule has 1 aromatic carbocycles. The number of benzene rings is 1. The Kier molecular flexibility index (Phi) is 4.98. The summed E-state index contributed by atoms with van der Waals surface area (Å²) in [6.07, 6.45) is 3.06. The van der Waals surface area contributed by atoms with E-state index in [0.29, 0.717) is 5.69 Å². The van der Waals surface area contributed by atoms with Gasteiger partial charge in [0, 0.05) is 22.8 Å². The van der Waals surface area contributed by atoms with Gasteiger partial charge < -0.3 is 15.4 Å². The number of nitrogens with zero attached hydrogens (tertiary/aromatic N) is 1. The van der Waals surface area contributed by atoms with Crippen molar-refractivity contribution in [1.29, 1.82) is 0 Å². The lowest BCUT2D eigenvalue weighted by molar-refractivity contribution is -0.139. The Labute approximate surface area is 133 Å². The summed E-state index contributed by atoms with van der Waals surface area (Å²) in [5, 5.41) is 11.9. The van der Waals surface area contributed by atoms with E-state index in [0.717, 1.165) is 4.47 Å². The van der Waals surface area contributed by atoms with Crippen LogP contribution in [0.1, 0.15) is 16.1 Å². The van der Waals surface area contributed by atoms with Crippen molar-refractivity contribution in [2.75, 3.05) is 0 Å². The Balaban J connectivity index is 2.12. The van der Waals surface area contributed by atoms with Crippen LogP contribution in [-0.2, 0) is 11.2 Å². The highest BCUT2D eigenvalue weighted by Gasteiger charge is 2.22. The van der Waals surface area contributed by atoms with E-state index >= 15 is 0 Å². The lowest BCUT2D eigenvalue weighted by Crippen LogP contribution is -2.42. The first-order valence-electron chi connectivity index (χ1n) is 5.93. The van der Waals surface area contributed by atoms with Gasteiger partial charge in [-0.2, -0.15) is 0 Å². The molecule has 0 bridgehead atoms. The number of hydrogen-bond acceptors (Lipinski definition) is 3. The summed E-state index contributed by atoms with van der Waals surface area (Å²) in [7, 11) is 0. The highest BCUT2D eigenvalue weighted by molar-refractivity contribution is 9.10. The van der Waals surface area contributed by atoms with Gasteiger partial charge >= 0.3 is 5.97 Å². The van der Waals surface area contributed by atoms with E-state index in [1.54, 1.807) is 12.1 Å². The molecule has 0 aliphatic carbocycles. The zero-order valence-corrected chi connectivity index (χ0v) is 13.0. The molecule has 0 aliphatic rings. The number of carboxylic acids is 1. The fourth-order valence-corrected chi connectivity index (χ4v) is 2.49. The first-order valence-corrected chi connectivity index (χ1v) is 7.10. The Morgan fingerprint density at radius 1 is 1.48 bits per heavy atom. The largest absolute Gasteiger partial charge is 0.480 e. The number of H-pyrrole nitrogens is 1. The van der Waals surface area contributed by atoms with Gasteiger partial charge in [-0.3, -0.25) is 4.79 Å². The number of carbonyl (C=O) groups is 2. The lowest BCUT2D eigenvalue weighted by Gasteiger charge is -2.14. The molecule has 3 N–H and O–H groups in total. The third-order valence-electron chi connectivity index (χ3n) is 2.76. The van der Waals surface area contributed by atoms with Crippen LogP contribution in [0.3, 0.4) is 0 Å². The van der Waals surface area contributed by atoms with E-state index in [1.165, 1.54) is 18.6 Å². The van der Waals surface area contributed by atoms with Crippen LogP contribution in [0.2, 0.25) is 5.02 Å². The van der Waals surface area contributed by atoms with Gasteiger partial charge in [-0.25, -0.2) is 9.78 Å². The molecule has 1 amide bonds. The molecule has 0 radical (unpaired) electrons. The molecule has 0 fully saturated rings. The smallest absolute Gasteiger partial charge is 0.326 e. The molecule has 110 valence electrons. The number of rotatable bonds is 5. The quantitative estimate of drug-likeness (QED) is 0.750. The highest BCUT2D eigenvalue weighted by atomic mass is 79.9. The van der Waals surface area contributed by atoms with Crippen molar-refractivity contribution < 1.29 is 14.7 Å². The zero-order valence-electron chi connectivity index (χ0n) is 10.6. The number of carbonyl (C=O) groups excluding carboxylic acids is 1. The van der Waals surface area contributed by atoms with Gasteiger partial charge in [-0.15, -0.1) is 0 Å². The van der Waals surface area contributed by atoms with Gasteiger partial charge in [0.2, 0.25) is 0 Å². The maximum absolute atomic E-state index is 12.1. The molecule has 2 aromatic rings. The molecule has 21 heavy (non-hydrogen) atoms. The number of carboxylic acid groups (broad SMARTS) is 1. The van der Waals surface area contributed by atoms with Gasteiger partial charge in [0.1, 0.15) is 6.04 Å². The average molecular weight is 373 g/mol. The summed E-state index contributed by atoms with van der Waals surface area (Å²) in [6, 6.07) is 3.68. The number of imidazole rings is 1. The predicted molar refractivity (Wildman–Crippen MR) is 80.3 cm³/mol. The second kappa shape index (κ2) is 6.73. The van der Waals surface area contributed by atoms with Crippen molar-refractivity contribution in [1.82, 2.24) is 15.3 Å². The maximum atomic E-state index is 12.1. The van der Waals surface area contributed by atoms with Crippen LogP contribution in [0.15, 0.2) is 35.2 Å². The van der Waals surface area contributed by atoms with E-state index in [1.807, 2.05) is 0 Å². The lowest BCUT2D eigenvalue weighted by atomic mass is 10.1. The number of aliphatic carboxylic acids is 1. The van der Waals surface area contributed by atoms with E-state index in [2.05, 4.69) is 31.2 Å². The second-order valence-electron chi connectivity index (χ2n) is 4.27. The standard InChI is InChI=1S/C13H11BrClN3O3/c14-7-1-2-9(10(15)3-7)12(19)18-11(13(20)21)4-8-5-16-6-17-8/h1-3,5-6,11H,4H2,(H,16,17)(H,18,19)(H,20,21)/t11-/m1/s1. The molecular weight excluding hydrogens is 362 g/mol. The van der Waals surface area contributed by atoms with Crippen molar-refractivity contribution in [3.05, 3.63) is 51.5 Å². The van der Waals surface area contributed by atoms with Crippen LogP contribution < -0.4 is 5.32 Å². The Bertz CT molecular complexity index is 661. The monoisotopic (exact) mass is 371 g/mol. The van der Waals surface area contributed by atoms with Crippen molar-refractivity contribution in [3.8, 4) is 0 Å². The summed E-state index contributed by atoms with van der Waals surface area (Å²) >= 11 is 9.21. The minimum atomic E-state index is -1.13. The number of hydrogen-bond donors (Lipinski definition) is 3. The topological polar surface area (TPSA) is 95.1 Å². The molecule has 0 aliphatic heterocycles. The van der Waals surface area contributed by atoms with Crippen molar-refractivity contribution in [3.63, 3.8) is 0 Å².